The summed E-state index contributed by atoms with van der Waals surface area (Å²) in [5, 5.41) is 13.2. The number of nitrogens with one attached hydrogen (secondary N) is 1. The number of benzene rings is 1. The van der Waals surface area contributed by atoms with Crippen LogP contribution < -0.4 is 10.1 Å². The molecule has 29 heavy (non-hydrogen) atoms. The van der Waals surface area contributed by atoms with Gasteiger partial charge in [0.1, 0.15) is 23.8 Å². The van der Waals surface area contributed by atoms with Crippen molar-refractivity contribution in [3.05, 3.63) is 64.5 Å². The Balaban J connectivity index is 1.48. The molecule has 0 bridgehead atoms. The summed E-state index contributed by atoms with van der Waals surface area (Å²) in [5.74, 6) is 0.866. The van der Waals surface area contributed by atoms with Crippen molar-refractivity contribution in [2.24, 2.45) is 7.05 Å². The fourth-order valence-corrected chi connectivity index (χ4v) is 3.53. The first-order valence-electron chi connectivity index (χ1n) is 8.91. The summed E-state index contributed by atoms with van der Waals surface area (Å²) in [6.45, 7) is 3.92. The standard InChI is InChI=1S/C20H19N5O3S/c1-12-5-4-6-14(9-12)27-10-15-13(2)28-24-18(15)19(26)23-20-22-16(11-29-20)17-7-8-21-25(17)3/h4-9,11H,10H2,1-3H3,(H,22,23,26). The molecule has 4 aromatic rings. The van der Waals surface area contributed by atoms with Crippen molar-refractivity contribution < 1.29 is 14.1 Å². The number of anilines is 1. The average molecular weight is 409 g/mol. The van der Waals surface area contributed by atoms with Crippen molar-refractivity contribution in [1.29, 1.82) is 0 Å². The number of amides is 1. The quantitative estimate of drug-likeness (QED) is 0.518. The number of carbonyl (C=O) groups is 1. The lowest BCUT2D eigenvalue weighted by Crippen LogP contribution is -2.15. The van der Waals surface area contributed by atoms with E-state index in [1.165, 1.54) is 11.3 Å². The molecule has 0 unspecified atom stereocenters. The summed E-state index contributed by atoms with van der Waals surface area (Å²) >= 11 is 1.33. The van der Waals surface area contributed by atoms with Gasteiger partial charge in [-0.15, -0.1) is 11.3 Å². The number of thiazole rings is 1. The minimum absolute atomic E-state index is 0.180. The Morgan fingerprint density at radius 3 is 2.93 bits per heavy atom. The maximum atomic E-state index is 12.7. The van der Waals surface area contributed by atoms with E-state index in [0.29, 0.717) is 16.5 Å². The summed E-state index contributed by atoms with van der Waals surface area (Å²) in [4.78, 5) is 17.2. The van der Waals surface area contributed by atoms with Crippen LogP contribution in [0.5, 0.6) is 5.75 Å². The molecule has 3 heterocycles. The molecule has 8 nitrogen and oxygen atoms in total. The molecule has 0 radical (unpaired) electrons. The third kappa shape index (κ3) is 4.04. The van der Waals surface area contributed by atoms with Crippen molar-refractivity contribution in [3.63, 3.8) is 0 Å². The Morgan fingerprint density at radius 2 is 2.17 bits per heavy atom. The molecule has 1 amide bonds. The van der Waals surface area contributed by atoms with E-state index < -0.39 is 5.91 Å². The van der Waals surface area contributed by atoms with Gasteiger partial charge in [0, 0.05) is 18.6 Å². The number of aryl methyl sites for hydroxylation is 3. The van der Waals surface area contributed by atoms with Crippen LogP contribution in [0.3, 0.4) is 0 Å². The highest BCUT2D eigenvalue weighted by atomic mass is 32.1. The van der Waals surface area contributed by atoms with E-state index in [9.17, 15) is 4.79 Å². The monoisotopic (exact) mass is 409 g/mol. The van der Waals surface area contributed by atoms with E-state index in [0.717, 1.165) is 22.7 Å². The zero-order chi connectivity index (χ0) is 20.4. The summed E-state index contributed by atoms with van der Waals surface area (Å²) in [6.07, 6.45) is 1.70. The molecule has 0 atom stereocenters. The summed E-state index contributed by atoms with van der Waals surface area (Å²) < 4.78 is 12.8. The Hall–Kier alpha value is -3.46. The van der Waals surface area contributed by atoms with Crippen molar-refractivity contribution in [3.8, 4) is 17.1 Å². The number of hydrogen-bond acceptors (Lipinski definition) is 7. The molecule has 1 N–H and O–H groups in total. The highest BCUT2D eigenvalue weighted by Crippen LogP contribution is 2.25. The fourth-order valence-electron chi connectivity index (χ4n) is 2.83. The zero-order valence-corrected chi connectivity index (χ0v) is 17.0. The molecule has 0 spiro atoms. The largest absolute Gasteiger partial charge is 0.489 e. The number of hydrogen-bond donors (Lipinski definition) is 1. The molecule has 0 fully saturated rings. The smallest absolute Gasteiger partial charge is 0.280 e. The lowest BCUT2D eigenvalue weighted by Gasteiger charge is -2.07. The lowest BCUT2D eigenvalue weighted by atomic mass is 10.2. The van der Waals surface area contributed by atoms with Gasteiger partial charge in [0.05, 0.1) is 11.3 Å². The highest BCUT2D eigenvalue weighted by Gasteiger charge is 2.22. The van der Waals surface area contributed by atoms with E-state index in [1.54, 1.807) is 17.8 Å². The molecule has 0 saturated heterocycles. The molecule has 0 aliphatic heterocycles. The molecule has 0 aliphatic rings. The van der Waals surface area contributed by atoms with Crippen molar-refractivity contribution in [2.75, 3.05) is 5.32 Å². The minimum Gasteiger partial charge on any atom is -0.489 e. The Morgan fingerprint density at radius 1 is 1.31 bits per heavy atom. The second kappa shape index (κ2) is 7.88. The first kappa shape index (κ1) is 18.9. The molecular formula is C20H19N5O3S. The summed E-state index contributed by atoms with van der Waals surface area (Å²) in [5.41, 5.74) is 3.49. The number of ether oxygens (including phenoxy) is 1. The van der Waals surface area contributed by atoms with Crippen molar-refractivity contribution in [1.82, 2.24) is 19.9 Å². The molecular weight excluding hydrogens is 390 g/mol. The Bertz CT molecular complexity index is 1160. The van der Waals surface area contributed by atoms with Gasteiger partial charge in [-0.2, -0.15) is 5.10 Å². The molecule has 3 aromatic heterocycles. The Kier molecular flexibility index (Phi) is 5.13. The van der Waals surface area contributed by atoms with E-state index in [-0.39, 0.29) is 12.3 Å². The number of rotatable bonds is 6. The maximum absolute atomic E-state index is 12.7. The topological polar surface area (TPSA) is 95.1 Å². The molecule has 1 aromatic carbocycles. The van der Waals surface area contributed by atoms with Gasteiger partial charge in [-0.05, 0) is 37.6 Å². The van der Waals surface area contributed by atoms with Gasteiger partial charge in [0.25, 0.3) is 5.91 Å². The van der Waals surface area contributed by atoms with E-state index >= 15 is 0 Å². The van der Waals surface area contributed by atoms with Crippen LogP contribution in [0, 0.1) is 13.8 Å². The summed E-state index contributed by atoms with van der Waals surface area (Å²) in [7, 11) is 1.84. The summed E-state index contributed by atoms with van der Waals surface area (Å²) in [6, 6.07) is 9.57. The van der Waals surface area contributed by atoms with E-state index in [4.69, 9.17) is 9.26 Å². The third-order valence-electron chi connectivity index (χ3n) is 4.38. The first-order chi connectivity index (χ1) is 14.0. The number of carbonyl (C=O) groups excluding carboxylic acids is 1. The normalized spacial score (nSPS) is 10.9. The minimum atomic E-state index is -0.393. The van der Waals surface area contributed by atoms with Crippen LogP contribution in [0.15, 0.2) is 46.4 Å². The van der Waals surface area contributed by atoms with E-state index in [2.05, 4.69) is 20.6 Å². The van der Waals surface area contributed by atoms with Crippen LogP contribution in [0.1, 0.15) is 27.4 Å². The highest BCUT2D eigenvalue weighted by molar-refractivity contribution is 7.14. The van der Waals surface area contributed by atoms with Crippen molar-refractivity contribution >= 4 is 22.4 Å². The van der Waals surface area contributed by atoms with Gasteiger partial charge in [0.15, 0.2) is 10.8 Å². The van der Waals surface area contributed by atoms with Crippen LogP contribution in [0.4, 0.5) is 5.13 Å². The van der Waals surface area contributed by atoms with Crippen LogP contribution in [0.25, 0.3) is 11.4 Å². The SMILES string of the molecule is Cc1cccc(OCc2c(C(=O)Nc3nc(-c4ccnn4C)cs3)noc2C)c1. The van der Waals surface area contributed by atoms with Crippen LogP contribution in [-0.4, -0.2) is 25.8 Å². The van der Waals surface area contributed by atoms with Gasteiger partial charge in [-0.25, -0.2) is 4.98 Å². The third-order valence-corrected chi connectivity index (χ3v) is 5.14. The first-order valence-corrected chi connectivity index (χ1v) is 9.79. The predicted octanol–water partition coefficient (Wildman–Crippen LogP) is 3.98. The second-order valence-electron chi connectivity index (χ2n) is 6.50. The molecule has 4 rings (SSSR count). The molecule has 0 aliphatic carbocycles. The van der Waals surface area contributed by atoms with Gasteiger partial charge in [-0.1, -0.05) is 17.3 Å². The molecule has 0 saturated carbocycles. The van der Waals surface area contributed by atoms with Gasteiger partial charge >= 0.3 is 0 Å². The van der Waals surface area contributed by atoms with Gasteiger partial charge < -0.3 is 9.26 Å². The number of nitrogens with zero attached hydrogens (tertiary/aromatic N) is 4. The fraction of sp³-hybridized carbons (Fsp3) is 0.200. The second-order valence-corrected chi connectivity index (χ2v) is 7.36. The zero-order valence-electron chi connectivity index (χ0n) is 16.2. The number of aromatic nitrogens is 4. The molecule has 9 heteroatoms. The van der Waals surface area contributed by atoms with Crippen molar-refractivity contribution in [2.45, 2.75) is 20.5 Å². The Labute approximate surface area is 171 Å². The predicted molar refractivity (Wildman–Crippen MR) is 109 cm³/mol. The van der Waals surface area contributed by atoms with Crippen LogP contribution in [-0.2, 0) is 13.7 Å². The van der Waals surface area contributed by atoms with Crippen LogP contribution >= 0.6 is 11.3 Å². The lowest BCUT2D eigenvalue weighted by molar-refractivity contribution is 0.101. The van der Waals surface area contributed by atoms with Crippen LogP contribution in [0.2, 0.25) is 0 Å². The van der Waals surface area contributed by atoms with Gasteiger partial charge in [-0.3, -0.25) is 14.8 Å². The molecule has 148 valence electrons. The van der Waals surface area contributed by atoms with E-state index in [1.807, 2.05) is 49.7 Å². The van der Waals surface area contributed by atoms with Gasteiger partial charge in [0.2, 0.25) is 0 Å². The average Bonchev–Trinajstić information content (AvgIpc) is 3.40. The maximum Gasteiger partial charge on any atom is 0.280 e.